The van der Waals surface area contributed by atoms with Crippen LogP contribution in [0.3, 0.4) is 0 Å². The summed E-state index contributed by atoms with van der Waals surface area (Å²) in [6, 6.07) is -4.30. The van der Waals surface area contributed by atoms with Crippen molar-refractivity contribution in [3.05, 3.63) is 0 Å². The minimum atomic E-state index is -1.29. The van der Waals surface area contributed by atoms with Gasteiger partial charge in [-0.15, -0.1) is 0 Å². The summed E-state index contributed by atoms with van der Waals surface area (Å²) in [5.41, 5.74) is 11.1. The predicted molar refractivity (Wildman–Crippen MR) is 123 cm³/mol. The Morgan fingerprint density at radius 3 is 1.84 bits per heavy atom. The van der Waals surface area contributed by atoms with Crippen molar-refractivity contribution in [1.82, 2.24) is 16.0 Å². The third-order valence-electron chi connectivity index (χ3n) is 5.46. The molecule has 4 amide bonds. The van der Waals surface area contributed by atoms with Crippen molar-refractivity contribution < 1.29 is 29.1 Å². The third-order valence-corrected chi connectivity index (χ3v) is 5.83. The highest BCUT2D eigenvalue weighted by atomic mass is 32.1. The quantitative estimate of drug-likeness (QED) is 0.150. The molecule has 0 bridgehead atoms. The van der Waals surface area contributed by atoms with E-state index in [9.17, 15) is 24.0 Å². The van der Waals surface area contributed by atoms with Gasteiger partial charge < -0.3 is 32.5 Å². The number of carbonyl (C=O) groups is 5. The molecule has 0 saturated heterocycles. The zero-order valence-electron chi connectivity index (χ0n) is 19.1. The second kappa shape index (κ2) is 14.7. The lowest BCUT2D eigenvalue weighted by atomic mass is 9.95. The Morgan fingerprint density at radius 2 is 1.41 bits per heavy atom. The number of amides is 4. The monoisotopic (exact) mass is 475 g/mol. The van der Waals surface area contributed by atoms with E-state index in [0.29, 0.717) is 12.8 Å². The molecule has 0 aliphatic heterocycles. The van der Waals surface area contributed by atoms with Crippen LogP contribution in [0.4, 0.5) is 0 Å². The van der Waals surface area contributed by atoms with Crippen molar-refractivity contribution >= 4 is 42.2 Å². The minimum absolute atomic E-state index is 0.0982. The van der Waals surface area contributed by atoms with Crippen LogP contribution in [0.25, 0.3) is 0 Å². The lowest BCUT2D eigenvalue weighted by Crippen LogP contribution is -2.59. The van der Waals surface area contributed by atoms with E-state index in [1.165, 1.54) is 0 Å². The number of hydrogen-bond acceptors (Lipinski definition) is 7. The Bertz CT molecular complexity index is 677. The van der Waals surface area contributed by atoms with Gasteiger partial charge in [0.05, 0.1) is 6.04 Å². The fraction of sp³-hybridized carbons (Fsp3) is 0.750. The average Bonchev–Trinajstić information content (AvgIpc) is 2.75. The molecule has 0 aromatic rings. The lowest BCUT2D eigenvalue weighted by molar-refractivity contribution is -0.141. The molecule has 184 valence electrons. The van der Waals surface area contributed by atoms with Crippen LogP contribution >= 0.6 is 12.6 Å². The van der Waals surface area contributed by atoms with Crippen molar-refractivity contribution in [1.29, 1.82) is 0 Å². The van der Waals surface area contributed by atoms with Gasteiger partial charge in [-0.3, -0.25) is 19.2 Å². The van der Waals surface area contributed by atoms with E-state index in [0.717, 1.165) is 0 Å². The van der Waals surface area contributed by atoms with Crippen LogP contribution in [0.2, 0.25) is 0 Å². The van der Waals surface area contributed by atoms with Crippen molar-refractivity contribution in [2.24, 2.45) is 23.3 Å². The lowest BCUT2D eigenvalue weighted by Gasteiger charge is -2.28. The standard InChI is InChI=1S/C20H37N5O6S/c1-5-10(3)15(22)18(28)25-16(11(4)6-2)19(29)23-12(7-8-14(21)26)17(27)24-13(9-32)20(30)31/h10-13,15-16,32H,5-9,22H2,1-4H3,(H2,21,26)(H,23,29)(H,24,27)(H,25,28)(H,30,31). The number of carbonyl (C=O) groups excluding carboxylic acids is 4. The van der Waals surface area contributed by atoms with E-state index in [4.69, 9.17) is 16.6 Å². The molecular formula is C20H37N5O6S. The fourth-order valence-corrected chi connectivity index (χ4v) is 2.99. The van der Waals surface area contributed by atoms with Crippen molar-refractivity contribution in [2.45, 2.75) is 77.5 Å². The van der Waals surface area contributed by atoms with Gasteiger partial charge in [-0.2, -0.15) is 12.6 Å². The molecular weight excluding hydrogens is 438 g/mol. The molecule has 6 unspecified atom stereocenters. The highest BCUT2D eigenvalue weighted by Crippen LogP contribution is 2.12. The van der Waals surface area contributed by atoms with E-state index in [1.54, 1.807) is 6.92 Å². The molecule has 12 heteroatoms. The normalized spacial score (nSPS) is 16.6. The number of nitrogens with one attached hydrogen (secondary N) is 3. The number of nitrogens with two attached hydrogens (primary N) is 2. The summed E-state index contributed by atoms with van der Waals surface area (Å²) >= 11 is 3.89. The van der Waals surface area contributed by atoms with Gasteiger partial charge in [0.15, 0.2) is 0 Å². The molecule has 0 aromatic heterocycles. The van der Waals surface area contributed by atoms with Gasteiger partial charge >= 0.3 is 5.97 Å². The molecule has 0 aliphatic rings. The first-order chi connectivity index (χ1) is 14.9. The first-order valence-corrected chi connectivity index (χ1v) is 11.3. The van der Waals surface area contributed by atoms with Gasteiger partial charge in [-0.05, 0) is 18.3 Å². The summed E-state index contributed by atoms with van der Waals surface area (Å²) in [5.74, 6) is -4.47. The van der Waals surface area contributed by atoms with Crippen LogP contribution in [-0.2, 0) is 24.0 Å². The maximum Gasteiger partial charge on any atom is 0.327 e. The molecule has 0 aromatic carbocycles. The number of aliphatic carboxylic acids is 1. The highest BCUT2D eigenvalue weighted by molar-refractivity contribution is 7.80. The van der Waals surface area contributed by atoms with E-state index in [1.807, 2.05) is 20.8 Å². The van der Waals surface area contributed by atoms with Crippen LogP contribution in [-0.4, -0.2) is 64.6 Å². The predicted octanol–water partition coefficient (Wildman–Crippen LogP) is -0.860. The Balaban J connectivity index is 5.57. The van der Waals surface area contributed by atoms with E-state index in [2.05, 4.69) is 28.6 Å². The van der Waals surface area contributed by atoms with Crippen LogP contribution in [0.15, 0.2) is 0 Å². The maximum absolute atomic E-state index is 13.0. The fourth-order valence-electron chi connectivity index (χ4n) is 2.74. The second-order valence-corrected chi connectivity index (χ2v) is 8.30. The Hall–Kier alpha value is -2.34. The number of carboxylic acid groups (broad SMARTS) is 1. The second-order valence-electron chi connectivity index (χ2n) is 7.93. The SMILES string of the molecule is CCC(C)C(N)C(=O)NC(C(=O)NC(CCC(N)=O)C(=O)NC(CS)C(=O)O)C(C)CC. The molecule has 0 spiro atoms. The molecule has 32 heavy (non-hydrogen) atoms. The maximum atomic E-state index is 13.0. The number of hydrogen-bond donors (Lipinski definition) is 7. The Kier molecular flexibility index (Phi) is 13.6. The van der Waals surface area contributed by atoms with Crippen molar-refractivity contribution in [3.8, 4) is 0 Å². The van der Waals surface area contributed by atoms with E-state index in [-0.39, 0.29) is 30.4 Å². The molecule has 0 rings (SSSR count). The van der Waals surface area contributed by atoms with Gasteiger partial charge in [0, 0.05) is 12.2 Å². The van der Waals surface area contributed by atoms with Crippen molar-refractivity contribution in [2.75, 3.05) is 5.75 Å². The summed E-state index contributed by atoms with van der Waals surface area (Å²) < 4.78 is 0. The summed E-state index contributed by atoms with van der Waals surface area (Å²) in [5, 5.41) is 16.6. The summed E-state index contributed by atoms with van der Waals surface area (Å²) in [4.78, 5) is 60.5. The zero-order chi connectivity index (χ0) is 25.0. The molecule has 0 fully saturated rings. The molecule has 6 atom stereocenters. The third kappa shape index (κ3) is 9.86. The Labute approximate surface area is 194 Å². The summed E-state index contributed by atoms with van der Waals surface area (Å²) in [6.45, 7) is 7.33. The van der Waals surface area contributed by atoms with Gasteiger partial charge in [-0.25, -0.2) is 4.79 Å². The van der Waals surface area contributed by atoms with Crippen molar-refractivity contribution in [3.63, 3.8) is 0 Å². The highest BCUT2D eigenvalue weighted by Gasteiger charge is 2.33. The molecule has 0 radical (unpaired) electrons. The first-order valence-electron chi connectivity index (χ1n) is 10.7. The number of thiol groups is 1. The van der Waals surface area contributed by atoms with E-state index < -0.39 is 53.8 Å². The molecule has 11 nitrogen and oxygen atoms in total. The number of primary amides is 1. The first kappa shape index (κ1) is 29.7. The van der Waals surface area contributed by atoms with Gasteiger partial charge in [0.25, 0.3) is 0 Å². The van der Waals surface area contributed by atoms with Gasteiger partial charge in [0.1, 0.15) is 18.1 Å². The van der Waals surface area contributed by atoms with Crippen LogP contribution in [0.5, 0.6) is 0 Å². The van der Waals surface area contributed by atoms with Crippen LogP contribution in [0, 0.1) is 11.8 Å². The van der Waals surface area contributed by atoms with Crippen LogP contribution in [0.1, 0.15) is 53.4 Å². The molecule has 0 aliphatic carbocycles. The number of rotatable bonds is 15. The van der Waals surface area contributed by atoms with Gasteiger partial charge in [-0.1, -0.05) is 40.5 Å². The smallest absolute Gasteiger partial charge is 0.327 e. The van der Waals surface area contributed by atoms with Crippen LogP contribution < -0.4 is 27.4 Å². The molecule has 0 heterocycles. The largest absolute Gasteiger partial charge is 0.480 e. The van der Waals surface area contributed by atoms with Gasteiger partial charge in [0.2, 0.25) is 23.6 Å². The average molecular weight is 476 g/mol. The summed E-state index contributed by atoms with van der Waals surface area (Å²) in [7, 11) is 0. The summed E-state index contributed by atoms with van der Waals surface area (Å²) in [6.07, 6.45) is 0.880. The number of carboxylic acids is 1. The molecule has 8 N–H and O–H groups in total. The zero-order valence-corrected chi connectivity index (χ0v) is 20.0. The minimum Gasteiger partial charge on any atom is -0.480 e. The van der Waals surface area contributed by atoms with E-state index >= 15 is 0 Å². The molecule has 0 saturated carbocycles. The Morgan fingerprint density at radius 1 is 0.875 bits per heavy atom. The topological polar surface area (TPSA) is 194 Å².